The predicted molar refractivity (Wildman–Crippen MR) is 64.1 cm³/mol. The van der Waals surface area contributed by atoms with Gasteiger partial charge in [0.25, 0.3) is 0 Å². The van der Waals surface area contributed by atoms with Gasteiger partial charge in [0.1, 0.15) is 0 Å². The van der Waals surface area contributed by atoms with Crippen LogP contribution in [0.5, 0.6) is 0 Å². The highest BCUT2D eigenvalue weighted by atomic mass is 32.1. The van der Waals surface area contributed by atoms with Crippen LogP contribution in [0, 0.1) is 0 Å². The van der Waals surface area contributed by atoms with Crippen molar-refractivity contribution in [1.82, 2.24) is 15.6 Å². The van der Waals surface area contributed by atoms with Gasteiger partial charge in [0, 0.05) is 31.4 Å². The van der Waals surface area contributed by atoms with Crippen LogP contribution in [0.2, 0.25) is 0 Å². The lowest BCUT2D eigenvalue weighted by molar-refractivity contribution is -0.120. The largest absolute Gasteiger partial charge is 0.476 e. The number of aromatic nitrogens is 1. The van der Waals surface area contributed by atoms with Gasteiger partial charge < -0.3 is 15.7 Å². The van der Waals surface area contributed by atoms with E-state index in [2.05, 4.69) is 15.6 Å². The summed E-state index contributed by atoms with van der Waals surface area (Å²) < 4.78 is 0. The van der Waals surface area contributed by atoms with E-state index in [-0.39, 0.29) is 10.9 Å². The molecule has 3 N–H and O–H groups in total. The van der Waals surface area contributed by atoms with E-state index in [0.717, 1.165) is 11.3 Å². The van der Waals surface area contributed by atoms with Crippen LogP contribution in [-0.2, 0) is 11.3 Å². The third-order valence-electron chi connectivity index (χ3n) is 1.94. The fraction of sp³-hybridized carbons (Fsp3) is 0.500. The van der Waals surface area contributed by atoms with Gasteiger partial charge in [-0.15, -0.1) is 11.3 Å². The Morgan fingerprint density at radius 1 is 1.53 bits per heavy atom. The first kappa shape index (κ1) is 13.6. The summed E-state index contributed by atoms with van der Waals surface area (Å²) in [5.41, 5.74) is 0.684. The average Bonchev–Trinajstić information content (AvgIpc) is 2.73. The first-order valence-corrected chi connectivity index (χ1v) is 6.16. The van der Waals surface area contributed by atoms with E-state index in [0.29, 0.717) is 31.7 Å². The van der Waals surface area contributed by atoms with Crippen molar-refractivity contribution < 1.29 is 14.7 Å². The molecule has 0 aliphatic rings. The number of rotatable bonds is 7. The SMILES string of the molecule is CCNC(=O)CCNCc1csc(C(=O)O)n1. The number of carboxylic acids is 1. The number of carbonyl (C=O) groups is 2. The first-order valence-electron chi connectivity index (χ1n) is 5.28. The van der Waals surface area contributed by atoms with Crippen LogP contribution in [0.4, 0.5) is 0 Å². The lowest BCUT2D eigenvalue weighted by Crippen LogP contribution is -2.27. The van der Waals surface area contributed by atoms with Crippen LogP contribution in [0.15, 0.2) is 5.38 Å². The number of aromatic carboxylic acids is 1. The number of nitrogens with zero attached hydrogens (tertiary/aromatic N) is 1. The first-order chi connectivity index (χ1) is 8.13. The van der Waals surface area contributed by atoms with Crippen molar-refractivity contribution in [3.05, 3.63) is 16.1 Å². The summed E-state index contributed by atoms with van der Waals surface area (Å²) in [6, 6.07) is 0. The number of carbonyl (C=O) groups excluding carboxylic acids is 1. The number of nitrogens with one attached hydrogen (secondary N) is 2. The minimum absolute atomic E-state index is 0.00417. The molecule has 94 valence electrons. The van der Waals surface area contributed by atoms with Crippen molar-refractivity contribution in [3.63, 3.8) is 0 Å². The summed E-state index contributed by atoms with van der Waals surface area (Å²) in [7, 11) is 0. The number of thiazole rings is 1. The molecule has 1 rings (SSSR count). The molecule has 17 heavy (non-hydrogen) atoms. The second kappa shape index (κ2) is 6.97. The standard InChI is InChI=1S/C10H15N3O3S/c1-2-12-8(14)3-4-11-5-7-6-17-9(13-7)10(15)16/h6,11H,2-5H2,1H3,(H,12,14)(H,15,16). The smallest absolute Gasteiger partial charge is 0.365 e. The molecule has 0 aromatic carbocycles. The number of hydrogen-bond donors (Lipinski definition) is 3. The molecular weight excluding hydrogens is 242 g/mol. The third kappa shape index (κ3) is 4.92. The molecule has 0 bridgehead atoms. The van der Waals surface area contributed by atoms with Crippen LogP contribution in [0.1, 0.15) is 28.8 Å². The Morgan fingerprint density at radius 2 is 2.29 bits per heavy atom. The quantitative estimate of drug-likeness (QED) is 0.617. The maximum atomic E-state index is 11.1. The molecule has 0 spiro atoms. The van der Waals surface area contributed by atoms with Gasteiger partial charge in [0.15, 0.2) is 0 Å². The zero-order chi connectivity index (χ0) is 12.7. The predicted octanol–water partition coefficient (Wildman–Crippen LogP) is 0.457. The van der Waals surface area contributed by atoms with E-state index in [9.17, 15) is 9.59 Å². The molecule has 0 aliphatic heterocycles. The van der Waals surface area contributed by atoms with Crippen LogP contribution in [-0.4, -0.2) is 35.1 Å². The van der Waals surface area contributed by atoms with Gasteiger partial charge >= 0.3 is 5.97 Å². The van der Waals surface area contributed by atoms with Gasteiger partial charge in [0.2, 0.25) is 10.9 Å². The molecule has 1 aromatic heterocycles. The van der Waals surface area contributed by atoms with E-state index >= 15 is 0 Å². The molecule has 0 saturated heterocycles. The zero-order valence-corrected chi connectivity index (χ0v) is 10.3. The third-order valence-corrected chi connectivity index (χ3v) is 2.82. The van der Waals surface area contributed by atoms with Gasteiger partial charge in [-0.2, -0.15) is 0 Å². The molecule has 0 radical (unpaired) electrons. The van der Waals surface area contributed by atoms with Gasteiger partial charge in [0.05, 0.1) is 5.69 Å². The summed E-state index contributed by atoms with van der Waals surface area (Å²) in [4.78, 5) is 25.6. The fourth-order valence-electron chi connectivity index (χ4n) is 1.19. The Hall–Kier alpha value is -1.47. The van der Waals surface area contributed by atoms with Crippen molar-refractivity contribution in [1.29, 1.82) is 0 Å². The second-order valence-electron chi connectivity index (χ2n) is 3.33. The highest BCUT2D eigenvalue weighted by Crippen LogP contribution is 2.08. The summed E-state index contributed by atoms with van der Waals surface area (Å²) in [5.74, 6) is -1.01. The summed E-state index contributed by atoms with van der Waals surface area (Å²) >= 11 is 1.10. The molecule has 0 unspecified atom stereocenters. The Labute approximate surface area is 103 Å². The monoisotopic (exact) mass is 257 g/mol. The van der Waals surface area contributed by atoms with Gasteiger partial charge in [-0.1, -0.05) is 0 Å². The summed E-state index contributed by atoms with van der Waals surface area (Å²) in [6.07, 6.45) is 0.407. The summed E-state index contributed by atoms with van der Waals surface area (Å²) in [5, 5.41) is 16.2. The lowest BCUT2D eigenvalue weighted by Gasteiger charge is -2.02. The van der Waals surface area contributed by atoms with Crippen molar-refractivity contribution in [3.8, 4) is 0 Å². The van der Waals surface area contributed by atoms with Crippen LogP contribution >= 0.6 is 11.3 Å². The average molecular weight is 257 g/mol. The minimum Gasteiger partial charge on any atom is -0.476 e. The molecular formula is C10H15N3O3S. The topological polar surface area (TPSA) is 91.3 Å². The van der Waals surface area contributed by atoms with Crippen molar-refractivity contribution in [2.45, 2.75) is 19.9 Å². The Kier molecular flexibility index (Phi) is 5.58. The molecule has 0 aliphatic carbocycles. The van der Waals surface area contributed by atoms with Gasteiger partial charge in [-0.05, 0) is 6.92 Å². The molecule has 1 aromatic rings. The molecule has 0 atom stereocenters. The van der Waals surface area contributed by atoms with E-state index in [4.69, 9.17) is 5.11 Å². The maximum Gasteiger partial charge on any atom is 0.365 e. The van der Waals surface area contributed by atoms with Crippen molar-refractivity contribution in [2.75, 3.05) is 13.1 Å². The van der Waals surface area contributed by atoms with Gasteiger partial charge in [-0.25, -0.2) is 9.78 Å². The Balaban J connectivity index is 2.22. The molecule has 0 fully saturated rings. The highest BCUT2D eigenvalue weighted by Gasteiger charge is 2.08. The zero-order valence-electron chi connectivity index (χ0n) is 9.52. The van der Waals surface area contributed by atoms with Gasteiger partial charge in [-0.3, -0.25) is 4.79 Å². The molecule has 7 heteroatoms. The molecule has 0 saturated carbocycles. The van der Waals surface area contributed by atoms with Crippen LogP contribution in [0.25, 0.3) is 0 Å². The number of carboxylic acid groups (broad SMARTS) is 1. The number of amides is 1. The van der Waals surface area contributed by atoms with E-state index in [1.54, 1.807) is 5.38 Å². The Morgan fingerprint density at radius 3 is 2.88 bits per heavy atom. The van der Waals surface area contributed by atoms with E-state index in [1.165, 1.54) is 0 Å². The molecule has 1 heterocycles. The van der Waals surface area contributed by atoms with Crippen LogP contribution < -0.4 is 10.6 Å². The lowest BCUT2D eigenvalue weighted by atomic mass is 10.4. The minimum atomic E-state index is -1.01. The number of hydrogen-bond acceptors (Lipinski definition) is 5. The molecule has 1 amide bonds. The maximum absolute atomic E-state index is 11.1. The molecule has 6 nitrogen and oxygen atoms in total. The Bertz CT molecular complexity index is 392. The van der Waals surface area contributed by atoms with Crippen LogP contribution in [0.3, 0.4) is 0 Å². The highest BCUT2D eigenvalue weighted by molar-refractivity contribution is 7.11. The normalized spacial score (nSPS) is 10.2. The van der Waals surface area contributed by atoms with Crippen molar-refractivity contribution >= 4 is 23.2 Å². The summed E-state index contributed by atoms with van der Waals surface area (Å²) in [6.45, 7) is 3.52. The van der Waals surface area contributed by atoms with Crippen molar-refractivity contribution in [2.24, 2.45) is 0 Å². The fourth-order valence-corrected chi connectivity index (χ4v) is 1.84. The second-order valence-corrected chi connectivity index (χ2v) is 4.19. The van der Waals surface area contributed by atoms with E-state index in [1.807, 2.05) is 6.92 Å². The van der Waals surface area contributed by atoms with E-state index < -0.39 is 5.97 Å².